The van der Waals surface area contributed by atoms with Crippen LogP contribution in [-0.2, 0) is 16.0 Å². The zero-order valence-electron chi connectivity index (χ0n) is 14.2. The van der Waals surface area contributed by atoms with Gasteiger partial charge in [-0.2, -0.15) is 0 Å². The molecule has 5 nitrogen and oxygen atoms in total. The van der Waals surface area contributed by atoms with E-state index in [0.29, 0.717) is 5.92 Å². The molecule has 3 rings (SSSR count). The highest BCUT2D eigenvalue weighted by Gasteiger charge is 2.38. The molecule has 0 spiro atoms. The van der Waals surface area contributed by atoms with Gasteiger partial charge in [-0.15, -0.1) is 0 Å². The summed E-state index contributed by atoms with van der Waals surface area (Å²) in [4.78, 5) is 25.9. The van der Waals surface area contributed by atoms with E-state index in [2.05, 4.69) is 34.3 Å². The number of methoxy groups -OCH3 is 1. The molecule has 2 amide bonds. The molecule has 130 valence electrons. The summed E-state index contributed by atoms with van der Waals surface area (Å²) >= 11 is 0. The molecule has 1 heterocycles. The molecule has 0 unspecified atom stereocenters. The maximum absolute atomic E-state index is 12.7. The van der Waals surface area contributed by atoms with E-state index in [0.717, 1.165) is 38.8 Å². The van der Waals surface area contributed by atoms with E-state index in [1.807, 2.05) is 11.0 Å². The van der Waals surface area contributed by atoms with E-state index in [1.54, 1.807) is 0 Å². The Bertz CT molecular complexity index is 569. The van der Waals surface area contributed by atoms with Gasteiger partial charge in [-0.1, -0.05) is 30.3 Å². The molecular formula is C19H26N2O3. The van der Waals surface area contributed by atoms with Crippen molar-refractivity contribution in [2.75, 3.05) is 20.2 Å². The predicted octanol–water partition coefficient (Wildman–Crippen LogP) is 2.60. The quantitative estimate of drug-likeness (QED) is 0.923. The monoisotopic (exact) mass is 330 g/mol. The van der Waals surface area contributed by atoms with Crippen LogP contribution in [0.3, 0.4) is 0 Å². The van der Waals surface area contributed by atoms with E-state index < -0.39 is 6.09 Å². The van der Waals surface area contributed by atoms with Crippen LogP contribution in [0.1, 0.15) is 31.2 Å². The largest absolute Gasteiger partial charge is 0.453 e. The first-order valence-electron chi connectivity index (χ1n) is 8.83. The normalized spacial score (nSPS) is 26.4. The zero-order valence-corrected chi connectivity index (χ0v) is 14.2. The minimum Gasteiger partial charge on any atom is -0.453 e. The smallest absolute Gasteiger partial charge is 0.407 e. The number of alkyl carbamates (subject to hydrolysis) is 1. The molecule has 24 heavy (non-hydrogen) atoms. The van der Waals surface area contributed by atoms with Crippen molar-refractivity contribution in [1.82, 2.24) is 10.2 Å². The lowest BCUT2D eigenvalue weighted by molar-refractivity contribution is -0.140. The summed E-state index contributed by atoms with van der Waals surface area (Å²) in [6.07, 6.45) is 4.37. The first-order valence-corrected chi connectivity index (χ1v) is 8.83. The highest BCUT2D eigenvalue weighted by atomic mass is 16.5. The number of ether oxygens (including phenoxy) is 1. The summed E-state index contributed by atoms with van der Waals surface area (Å²) in [6, 6.07) is 10.6. The van der Waals surface area contributed by atoms with E-state index in [-0.39, 0.29) is 17.9 Å². The van der Waals surface area contributed by atoms with Gasteiger partial charge in [-0.3, -0.25) is 4.79 Å². The molecule has 1 aromatic carbocycles. The standard InChI is InChI=1S/C19H26N2O3/c1-24-19(23)20-17-11-16(12-17)18(22)21-9-5-8-15(13-21)10-14-6-3-2-4-7-14/h2-4,6-7,15-17H,5,8-13H2,1H3,(H,20,23)/t15-,16?,17?/m0/s1. The second-order valence-electron chi connectivity index (χ2n) is 6.98. The summed E-state index contributed by atoms with van der Waals surface area (Å²) in [5.41, 5.74) is 1.35. The Morgan fingerprint density at radius 3 is 2.71 bits per heavy atom. The molecular weight excluding hydrogens is 304 g/mol. The van der Waals surface area contributed by atoms with Crippen LogP contribution >= 0.6 is 0 Å². The number of hydrogen-bond acceptors (Lipinski definition) is 3. The van der Waals surface area contributed by atoms with Gasteiger partial charge in [0.2, 0.25) is 5.91 Å². The third-order valence-electron chi connectivity index (χ3n) is 5.19. The Labute approximate surface area is 143 Å². The Morgan fingerprint density at radius 1 is 1.25 bits per heavy atom. The molecule has 5 heteroatoms. The number of nitrogens with one attached hydrogen (secondary N) is 1. The van der Waals surface area contributed by atoms with Crippen LogP contribution in [0.15, 0.2) is 30.3 Å². The third-order valence-corrected chi connectivity index (χ3v) is 5.19. The Hall–Kier alpha value is -2.04. The van der Waals surface area contributed by atoms with Crippen molar-refractivity contribution < 1.29 is 14.3 Å². The number of nitrogens with zero attached hydrogens (tertiary/aromatic N) is 1. The van der Waals surface area contributed by atoms with Crippen molar-refractivity contribution in [2.45, 2.75) is 38.1 Å². The minimum atomic E-state index is -0.410. The van der Waals surface area contributed by atoms with Gasteiger partial charge in [0.15, 0.2) is 0 Å². The highest BCUT2D eigenvalue weighted by molar-refractivity contribution is 5.80. The van der Waals surface area contributed by atoms with Crippen molar-refractivity contribution >= 4 is 12.0 Å². The van der Waals surface area contributed by atoms with Crippen LogP contribution < -0.4 is 5.32 Å². The lowest BCUT2D eigenvalue weighted by Crippen LogP contribution is -2.52. The van der Waals surface area contributed by atoms with Crippen LogP contribution in [0.2, 0.25) is 0 Å². The molecule has 2 fully saturated rings. The molecule has 2 aliphatic rings. The lowest BCUT2D eigenvalue weighted by atomic mass is 9.78. The SMILES string of the molecule is COC(=O)NC1CC(C(=O)N2CCC[C@@H](Cc3ccccc3)C2)C1. The second kappa shape index (κ2) is 7.69. The molecule has 0 radical (unpaired) electrons. The number of carbonyl (C=O) groups excluding carboxylic acids is 2. The first-order chi connectivity index (χ1) is 11.7. The van der Waals surface area contributed by atoms with Crippen molar-refractivity contribution in [3.8, 4) is 0 Å². The molecule has 1 aromatic rings. The number of amides is 2. The second-order valence-corrected chi connectivity index (χ2v) is 6.98. The fraction of sp³-hybridized carbons (Fsp3) is 0.579. The summed E-state index contributed by atoms with van der Waals surface area (Å²) in [5, 5.41) is 2.76. The van der Waals surface area contributed by atoms with Gasteiger partial charge in [-0.05, 0) is 43.6 Å². The maximum atomic E-state index is 12.7. The van der Waals surface area contributed by atoms with Crippen LogP contribution in [0.4, 0.5) is 4.79 Å². The van der Waals surface area contributed by atoms with Crippen molar-refractivity contribution in [3.05, 3.63) is 35.9 Å². The Kier molecular flexibility index (Phi) is 5.38. The average Bonchev–Trinajstić information content (AvgIpc) is 2.58. The molecule has 1 saturated heterocycles. The van der Waals surface area contributed by atoms with Crippen molar-refractivity contribution in [3.63, 3.8) is 0 Å². The molecule has 0 bridgehead atoms. The number of rotatable bonds is 4. The lowest BCUT2D eigenvalue weighted by Gasteiger charge is -2.40. The van der Waals surface area contributed by atoms with E-state index in [9.17, 15) is 9.59 Å². The zero-order chi connectivity index (χ0) is 16.9. The van der Waals surface area contributed by atoms with Gasteiger partial charge in [-0.25, -0.2) is 4.79 Å². The van der Waals surface area contributed by atoms with E-state index in [1.165, 1.54) is 19.1 Å². The third kappa shape index (κ3) is 4.08. The topological polar surface area (TPSA) is 58.6 Å². The van der Waals surface area contributed by atoms with Crippen LogP contribution in [0.25, 0.3) is 0 Å². The fourth-order valence-electron chi connectivity index (χ4n) is 3.80. The molecule has 0 aromatic heterocycles. The Morgan fingerprint density at radius 2 is 2.00 bits per heavy atom. The van der Waals surface area contributed by atoms with Gasteiger partial charge in [0, 0.05) is 25.0 Å². The average molecular weight is 330 g/mol. The Balaban J connectivity index is 1.47. The fourth-order valence-corrected chi connectivity index (χ4v) is 3.80. The summed E-state index contributed by atoms with van der Waals surface area (Å²) in [5.74, 6) is 0.868. The summed E-state index contributed by atoms with van der Waals surface area (Å²) in [7, 11) is 1.36. The summed E-state index contributed by atoms with van der Waals surface area (Å²) in [6.45, 7) is 1.73. The van der Waals surface area contributed by atoms with Crippen LogP contribution in [-0.4, -0.2) is 43.1 Å². The summed E-state index contributed by atoms with van der Waals surface area (Å²) < 4.78 is 4.59. The van der Waals surface area contributed by atoms with Gasteiger partial charge < -0.3 is 15.0 Å². The molecule has 1 N–H and O–H groups in total. The number of likely N-dealkylation sites (tertiary alicyclic amines) is 1. The predicted molar refractivity (Wildman–Crippen MR) is 91.5 cm³/mol. The van der Waals surface area contributed by atoms with Gasteiger partial charge in [0.25, 0.3) is 0 Å². The van der Waals surface area contributed by atoms with Gasteiger partial charge >= 0.3 is 6.09 Å². The van der Waals surface area contributed by atoms with Crippen LogP contribution in [0.5, 0.6) is 0 Å². The molecule has 1 saturated carbocycles. The first kappa shape index (κ1) is 16.8. The van der Waals surface area contributed by atoms with E-state index in [4.69, 9.17) is 0 Å². The maximum Gasteiger partial charge on any atom is 0.407 e. The van der Waals surface area contributed by atoms with Crippen molar-refractivity contribution in [2.24, 2.45) is 11.8 Å². The van der Waals surface area contributed by atoms with Gasteiger partial charge in [0.05, 0.1) is 7.11 Å². The van der Waals surface area contributed by atoms with Gasteiger partial charge in [0.1, 0.15) is 0 Å². The number of hydrogen-bond donors (Lipinski definition) is 1. The minimum absolute atomic E-state index is 0.0580. The number of carbonyl (C=O) groups is 2. The molecule has 1 aliphatic carbocycles. The molecule has 1 aliphatic heterocycles. The van der Waals surface area contributed by atoms with Crippen LogP contribution in [0, 0.1) is 11.8 Å². The molecule has 1 atom stereocenters. The number of piperidine rings is 1. The van der Waals surface area contributed by atoms with E-state index >= 15 is 0 Å². The number of benzene rings is 1. The highest BCUT2D eigenvalue weighted by Crippen LogP contribution is 2.31. The van der Waals surface area contributed by atoms with Crippen molar-refractivity contribution in [1.29, 1.82) is 0 Å².